The number of amides is 2. The van der Waals surface area contributed by atoms with Crippen LogP contribution in [0, 0.1) is 5.92 Å². The number of fused-ring (bicyclic) bond motifs is 4. The van der Waals surface area contributed by atoms with E-state index in [1.807, 2.05) is 21.9 Å². The van der Waals surface area contributed by atoms with E-state index in [1.54, 1.807) is 18.6 Å². The van der Waals surface area contributed by atoms with Crippen LogP contribution < -0.4 is 0 Å². The molecule has 2 amide bonds. The van der Waals surface area contributed by atoms with Gasteiger partial charge in [-0.2, -0.15) is 0 Å². The summed E-state index contributed by atoms with van der Waals surface area (Å²) in [7, 11) is 0. The topological polar surface area (TPSA) is 79.3 Å². The van der Waals surface area contributed by atoms with Crippen LogP contribution in [0.25, 0.3) is 0 Å². The van der Waals surface area contributed by atoms with Gasteiger partial charge in [0, 0.05) is 50.5 Å². The molecule has 0 spiro atoms. The van der Waals surface area contributed by atoms with Gasteiger partial charge in [0.05, 0.1) is 12.6 Å². The van der Waals surface area contributed by atoms with Crippen molar-refractivity contribution in [1.82, 2.24) is 24.8 Å². The SMILES string of the molecule is O=C(c1cnccn1)N1C[C@@H]2CC[C@H](C1)N(C(=O)Cc1cccnc1)C2. The fraction of sp³-hybridized carbons (Fsp3) is 0.421. The van der Waals surface area contributed by atoms with Crippen molar-refractivity contribution in [3.05, 3.63) is 54.4 Å². The summed E-state index contributed by atoms with van der Waals surface area (Å²) in [5, 5.41) is 0. The Kier molecular flexibility index (Phi) is 4.60. The number of hydrogen-bond donors (Lipinski definition) is 0. The molecule has 26 heavy (non-hydrogen) atoms. The predicted molar refractivity (Wildman–Crippen MR) is 94.1 cm³/mol. The van der Waals surface area contributed by atoms with Crippen LogP contribution >= 0.6 is 0 Å². The lowest BCUT2D eigenvalue weighted by Crippen LogP contribution is -2.48. The van der Waals surface area contributed by atoms with E-state index in [2.05, 4.69) is 15.0 Å². The molecule has 0 saturated carbocycles. The van der Waals surface area contributed by atoms with Gasteiger partial charge in [0.15, 0.2) is 0 Å². The third kappa shape index (κ3) is 3.42. The van der Waals surface area contributed by atoms with Gasteiger partial charge in [-0.1, -0.05) is 6.07 Å². The van der Waals surface area contributed by atoms with Gasteiger partial charge >= 0.3 is 0 Å². The molecule has 0 N–H and O–H groups in total. The maximum absolute atomic E-state index is 12.8. The van der Waals surface area contributed by atoms with Crippen molar-refractivity contribution in [3.8, 4) is 0 Å². The second-order valence-corrected chi connectivity index (χ2v) is 6.98. The summed E-state index contributed by atoms with van der Waals surface area (Å²) in [6.45, 7) is 1.95. The Balaban J connectivity index is 1.48. The van der Waals surface area contributed by atoms with Crippen molar-refractivity contribution in [2.24, 2.45) is 5.92 Å². The number of carbonyl (C=O) groups is 2. The molecule has 5 rings (SSSR count). The monoisotopic (exact) mass is 351 g/mol. The average Bonchev–Trinajstić information content (AvgIpc) is 3.01. The first kappa shape index (κ1) is 16.6. The van der Waals surface area contributed by atoms with Crippen molar-refractivity contribution in [2.45, 2.75) is 25.3 Å². The lowest BCUT2D eigenvalue weighted by atomic mass is 9.94. The average molecular weight is 351 g/mol. The van der Waals surface area contributed by atoms with Crippen molar-refractivity contribution in [2.75, 3.05) is 19.6 Å². The highest BCUT2D eigenvalue weighted by atomic mass is 16.2. The Hall–Kier alpha value is -2.83. The molecular weight excluding hydrogens is 330 g/mol. The molecule has 2 atom stereocenters. The van der Waals surface area contributed by atoms with Crippen molar-refractivity contribution >= 4 is 11.8 Å². The minimum Gasteiger partial charge on any atom is -0.337 e. The molecule has 3 saturated heterocycles. The number of pyridine rings is 1. The smallest absolute Gasteiger partial charge is 0.274 e. The maximum atomic E-state index is 12.8. The molecule has 3 aliphatic rings. The van der Waals surface area contributed by atoms with Gasteiger partial charge in [-0.15, -0.1) is 0 Å². The number of rotatable bonds is 3. The quantitative estimate of drug-likeness (QED) is 0.830. The predicted octanol–water partition coefficient (Wildman–Crippen LogP) is 1.18. The highest BCUT2D eigenvalue weighted by Crippen LogP contribution is 2.29. The molecule has 0 unspecified atom stereocenters. The number of nitrogens with zero attached hydrogens (tertiary/aromatic N) is 5. The third-order valence-corrected chi connectivity index (χ3v) is 5.18. The summed E-state index contributed by atoms with van der Waals surface area (Å²) >= 11 is 0. The summed E-state index contributed by atoms with van der Waals surface area (Å²) in [6.07, 6.45) is 10.4. The van der Waals surface area contributed by atoms with E-state index in [0.29, 0.717) is 37.7 Å². The first-order chi connectivity index (χ1) is 12.7. The minimum absolute atomic E-state index is 0.0681. The summed E-state index contributed by atoms with van der Waals surface area (Å²) in [4.78, 5) is 41.6. The Morgan fingerprint density at radius 3 is 2.69 bits per heavy atom. The van der Waals surface area contributed by atoms with Crippen LogP contribution in [-0.2, 0) is 11.2 Å². The van der Waals surface area contributed by atoms with E-state index in [9.17, 15) is 9.59 Å². The van der Waals surface area contributed by atoms with Gasteiger partial charge in [0.1, 0.15) is 5.69 Å². The van der Waals surface area contributed by atoms with E-state index in [4.69, 9.17) is 0 Å². The van der Waals surface area contributed by atoms with Gasteiger partial charge in [-0.3, -0.25) is 19.6 Å². The molecule has 3 fully saturated rings. The molecule has 7 nitrogen and oxygen atoms in total. The second kappa shape index (κ2) is 7.19. The van der Waals surface area contributed by atoms with E-state index in [1.165, 1.54) is 12.4 Å². The molecule has 2 aromatic heterocycles. The normalized spacial score (nSPS) is 22.2. The molecule has 3 aliphatic heterocycles. The fourth-order valence-corrected chi connectivity index (χ4v) is 3.90. The largest absolute Gasteiger partial charge is 0.337 e. The summed E-state index contributed by atoms with van der Waals surface area (Å²) in [6, 6.07) is 3.84. The zero-order chi connectivity index (χ0) is 17.9. The molecule has 134 valence electrons. The summed E-state index contributed by atoms with van der Waals surface area (Å²) in [5.41, 5.74) is 1.28. The van der Waals surface area contributed by atoms with E-state index < -0.39 is 0 Å². The standard InChI is InChI=1S/C19H21N5O2/c25-18(8-14-2-1-5-20-9-14)24-12-15-3-4-16(24)13-23(11-15)19(26)17-10-21-6-7-22-17/h1-2,5-7,9-10,15-16H,3-4,8,11-13H2/t15-,16+/m0/s1. The Labute approximate surface area is 152 Å². The van der Waals surface area contributed by atoms with E-state index in [0.717, 1.165) is 18.4 Å². The highest BCUT2D eigenvalue weighted by molar-refractivity contribution is 5.92. The maximum Gasteiger partial charge on any atom is 0.274 e. The Bertz CT molecular complexity index is 783. The summed E-state index contributed by atoms with van der Waals surface area (Å²) in [5.74, 6) is 0.324. The number of carbonyl (C=O) groups excluding carboxylic acids is 2. The molecule has 5 heterocycles. The molecule has 0 aromatic carbocycles. The first-order valence-electron chi connectivity index (χ1n) is 8.94. The second-order valence-electron chi connectivity index (χ2n) is 6.98. The van der Waals surface area contributed by atoms with Gasteiger partial charge in [0.2, 0.25) is 5.91 Å². The fourth-order valence-electron chi connectivity index (χ4n) is 3.90. The van der Waals surface area contributed by atoms with Crippen molar-refractivity contribution in [3.63, 3.8) is 0 Å². The zero-order valence-electron chi connectivity index (χ0n) is 14.5. The van der Waals surface area contributed by atoms with Crippen LogP contribution in [0.15, 0.2) is 43.1 Å². The zero-order valence-corrected chi connectivity index (χ0v) is 14.5. The first-order valence-corrected chi connectivity index (χ1v) is 8.94. The Morgan fingerprint density at radius 2 is 1.92 bits per heavy atom. The third-order valence-electron chi connectivity index (χ3n) is 5.18. The van der Waals surface area contributed by atoms with Crippen LogP contribution in [0.2, 0.25) is 0 Å². The van der Waals surface area contributed by atoms with E-state index >= 15 is 0 Å². The molecule has 0 radical (unpaired) electrons. The van der Waals surface area contributed by atoms with Crippen LogP contribution in [0.5, 0.6) is 0 Å². The van der Waals surface area contributed by atoms with Crippen molar-refractivity contribution < 1.29 is 9.59 Å². The molecule has 2 aromatic rings. The summed E-state index contributed by atoms with van der Waals surface area (Å²) < 4.78 is 0. The van der Waals surface area contributed by atoms with Crippen LogP contribution in [0.1, 0.15) is 28.9 Å². The Morgan fingerprint density at radius 1 is 1.04 bits per heavy atom. The highest BCUT2D eigenvalue weighted by Gasteiger charge is 2.38. The lowest BCUT2D eigenvalue weighted by molar-refractivity contribution is -0.134. The van der Waals surface area contributed by atoms with Crippen LogP contribution in [-0.4, -0.2) is 62.2 Å². The molecule has 0 aliphatic carbocycles. The molecular formula is C19H21N5O2. The van der Waals surface area contributed by atoms with Gasteiger partial charge in [-0.05, 0) is 30.4 Å². The van der Waals surface area contributed by atoms with Gasteiger partial charge in [0.25, 0.3) is 5.91 Å². The van der Waals surface area contributed by atoms with Crippen molar-refractivity contribution in [1.29, 1.82) is 0 Å². The van der Waals surface area contributed by atoms with Crippen LogP contribution in [0.4, 0.5) is 0 Å². The number of hydrogen-bond acceptors (Lipinski definition) is 5. The van der Waals surface area contributed by atoms with E-state index in [-0.39, 0.29) is 17.9 Å². The lowest BCUT2D eigenvalue weighted by Gasteiger charge is -2.36. The number of aromatic nitrogens is 3. The van der Waals surface area contributed by atoms with Gasteiger partial charge < -0.3 is 9.80 Å². The van der Waals surface area contributed by atoms with Gasteiger partial charge in [-0.25, -0.2) is 4.98 Å². The molecule has 2 bridgehead atoms. The minimum atomic E-state index is -0.100. The van der Waals surface area contributed by atoms with Crippen LogP contribution in [0.3, 0.4) is 0 Å². The molecule has 7 heteroatoms. The number of piperidine rings is 1.